The molecule has 0 aliphatic carbocycles. The Bertz CT molecular complexity index is 514. The van der Waals surface area contributed by atoms with Crippen LogP contribution >= 0.6 is 11.3 Å². The molecule has 3 nitrogen and oxygen atoms in total. The van der Waals surface area contributed by atoms with E-state index in [1.807, 2.05) is 29.6 Å². The first-order chi connectivity index (χ1) is 8.35. The molecule has 0 saturated carbocycles. The lowest BCUT2D eigenvalue weighted by Gasteiger charge is -2.16. The summed E-state index contributed by atoms with van der Waals surface area (Å²) in [6, 6.07) is 9.90. The van der Waals surface area contributed by atoms with Gasteiger partial charge in [0.25, 0.3) is 0 Å². The van der Waals surface area contributed by atoms with Crippen LogP contribution in [0.1, 0.15) is 30.0 Å². The van der Waals surface area contributed by atoms with E-state index in [4.69, 9.17) is 5.26 Å². The number of para-hydroxylation sites is 1. The maximum Gasteiger partial charge on any atom is 0.115 e. The SMILES string of the molecule is CCC(Nc1ccccc1C#N)c1nccs1. The molecule has 0 saturated heterocycles. The number of thiazole rings is 1. The maximum absolute atomic E-state index is 9.03. The Morgan fingerprint density at radius 2 is 2.29 bits per heavy atom. The molecule has 86 valence electrons. The van der Waals surface area contributed by atoms with Gasteiger partial charge < -0.3 is 5.32 Å². The lowest BCUT2D eigenvalue weighted by atomic mass is 10.1. The van der Waals surface area contributed by atoms with E-state index >= 15 is 0 Å². The lowest BCUT2D eigenvalue weighted by molar-refractivity contribution is 0.742. The second kappa shape index (κ2) is 5.46. The van der Waals surface area contributed by atoms with E-state index in [-0.39, 0.29) is 6.04 Å². The lowest BCUT2D eigenvalue weighted by Crippen LogP contribution is -2.10. The fourth-order valence-electron chi connectivity index (χ4n) is 1.64. The third-order valence-electron chi connectivity index (χ3n) is 2.54. The maximum atomic E-state index is 9.03. The summed E-state index contributed by atoms with van der Waals surface area (Å²) < 4.78 is 0. The summed E-state index contributed by atoms with van der Waals surface area (Å²) in [6.07, 6.45) is 2.74. The van der Waals surface area contributed by atoms with Crippen molar-refractivity contribution in [3.63, 3.8) is 0 Å². The van der Waals surface area contributed by atoms with E-state index in [2.05, 4.69) is 23.3 Å². The predicted molar refractivity (Wildman–Crippen MR) is 69.9 cm³/mol. The molecule has 4 heteroatoms. The molecule has 0 aliphatic heterocycles. The molecule has 0 fully saturated rings. The fourth-order valence-corrected chi connectivity index (χ4v) is 2.41. The molecule has 1 unspecified atom stereocenters. The minimum absolute atomic E-state index is 0.171. The predicted octanol–water partition coefficient (Wildman–Crippen LogP) is 3.58. The number of hydrogen-bond donors (Lipinski definition) is 1. The van der Waals surface area contributed by atoms with Gasteiger partial charge in [0, 0.05) is 11.6 Å². The molecule has 0 aliphatic rings. The van der Waals surface area contributed by atoms with Gasteiger partial charge >= 0.3 is 0 Å². The summed E-state index contributed by atoms with van der Waals surface area (Å²) in [5, 5.41) is 15.4. The molecule has 1 N–H and O–H groups in total. The van der Waals surface area contributed by atoms with Crippen molar-refractivity contribution >= 4 is 17.0 Å². The van der Waals surface area contributed by atoms with E-state index in [1.54, 1.807) is 17.5 Å². The molecule has 0 spiro atoms. The van der Waals surface area contributed by atoms with Gasteiger partial charge in [-0.05, 0) is 18.6 Å². The van der Waals surface area contributed by atoms with Gasteiger partial charge in [-0.25, -0.2) is 4.98 Å². The van der Waals surface area contributed by atoms with Crippen LogP contribution < -0.4 is 5.32 Å². The number of nitrogens with one attached hydrogen (secondary N) is 1. The third-order valence-corrected chi connectivity index (χ3v) is 3.42. The van der Waals surface area contributed by atoms with Gasteiger partial charge in [-0.2, -0.15) is 5.26 Å². The highest BCUT2D eigenvalue weighted by Gasteiger charge is 2.12. The third kappa shape index (κ3) is 2.63. The second-order valence-electron chi connectivity index (χ2n) is 3.63. The molecule has 1 aromatic carbocycles. The van der Waals surface area contributed by atoms with Crippen molar-refractivity contribution in [3.8, 4) is 6.07 Å². The monoisotopic (exact) mass is 243 g/mol. The average Bonchev–Trinajstić information content (AvgIpc) is 2.90. The van der Waals surface area contributed by atoms with Crippen molar-refractivity contribution in [1.82, 2.24) is 4.98 Å². The number of nitrogens with zero attached hydrogens (tertiary/aromatic N) is 2. The zero-order valence-corrected chi connectivity index (χ0v) is 10.4. The van der Waals surface area contributed by atoms with Crippen molar-refractivity contribution in [2.75, 3.05) is 5.32 Å². The van der Waals surface area contributed by atoms with Crippen LogP contribution in [-0.2, 0) is 0 Å². The van der Waals surface area contributed by atoms with Gasteiger partial charge in [0.05, 0.1) is 17.3 Å². The molecule has 0 radical (unpaired) electrons. The highest BCUT2D eigenvalue weighted by atomic mass is 32.1. The number of rotatable bonds is 4. The minimum Gasteiger partial charge on any atom is -0.375 e. The van der Waals surface area contributed by atoms with Gasteiger partial charge in [0.2, 0.25) is 0 Å². The Balaban J connectivity index is 2.22. The topological polar surface area (TPSA) is 48.7 Å². The highest BCUT2D eigenvalue weighted by molar-refractivity contribution is 7.09. The molecular formula is C13H13N3S. The summed E-state index contributed by atoms with van der Waals surface area (Å²) in [4.78, 5) is 4.31. The smallest absolute Gasteiger partial charge is 0.115 e. The van der Waals surface area contributed by atoms with Crippen molar-refractivity contribution in [2.24, 2.45) is 0 Å². The van der Waals surface area contributed by atoms with Crippen LogP contribution in [0.4, 0.5) is 5.69 Å². The Morgan fingerprint density at radius 3 is 2.94 bits per heavy atom. The summed E-state index contributed by atoms with van der Waals surface area (Å²) in [5.74, 6) is 0. The van der Waals surface area contributed by atoms with Crippen molar-refractivity contribution < 1.29 is 0 Å². The normalized spacial score (nSPS) is 11.8. The van der Waals surface area contributed by atoms with Crippen LogP contribution in [0.15, 0.2) is 35.8 Å². The average molecular weight is 243 g/mol. The first-order valence-electron chi connectivity index (χ1n) is 5.50. The van der Waals surface area contributed by atoms with Crippen LogP contribution in [0.3, 0.4) is 0 Å². The van der Waals surface area contributed by atoms with Gasteiger partial charge in [0.15, 0.2) is 0 Å². The van der Waals surface area contributed by atoms with Gasteiger partial charge in [0.1, 0.15) is 11.1 Å². The van der Waals surface area contributed by atoms with Crippen LogP contribution in [0.5, 0.6) is 0 Å². The minimum atomic E-state index is 0.171. The van der Waals surface area contributed by atoms with Crippen LogP contribution in [0, 0.1) is 11.3 Å². The Hall–Kier alpha value is -1.86. The van der Waals surface area contributed by atoms with E-state index < -0.39 is 0 Å². The van der Waals surface area contributed by atoms with E-state index in [0.717, 1.165) is 17.1 Å². The first kappa shape index (κ1) is 11.6. The standard InChI is InChI=1S/C13H13N3S/c1-2-11(13-15-7-8-17-13)16-12-6-4-3-5-10(12)9-14/h3-8,11,16H,2H2,1H3. The number of anilines is 1. The summed E-state index contributed by atoms with van der Waals surface area (Å²) in [6.45, 7) is 2.11. The number of nitriles is 1. The number of hydrogen-bond acceptors (Lipinski definition) is 4. The molecular weight excluding hydrogens is 230 g/mol. The Labute approximate surface area is 105 Å². The van der Waals surface area contributed by atoms with Gasteiger partial charge in [-0.15, -0.1) is 11.3 Å². The van der Waals surface area contributed by atoms with E-state index in [9.17, 15) is 0 Å². The summed E-state index contributed by atoms with van der Waals surface area (Å²) >= 11 is 1.63. The van der Waals surface area contributed by atoms with E-state index in [0.29, 0.717) is 5.56 Å². The van der Waals surface area contributed by atoms with E-state index in [1.165, 1.54) is 0 Å². The number of aromatic nitrogens is 1. The molecule has 0 amide bonds. The number of benzene rings is 1. The molecule has 1 aromatic heterocycles. The van der Waals surface area contributed by atoms with Gasteiger partial charge in [-0.1, -0.05) is 19.1 Å². The van der Waals surface area contributed by atoms with Gasteiger partial charge in [-0.3, -0.25) is 0 Å². The summed E-state index contributed by atoms with van der Waals surface area (Å²) in [5.41, 5.74) is 1.54. The fraction of sp³-hybridized carbons (Fsp3) is 0.231. The van der Waals surface area contributed by atoms with Crippen molar-refractivity contribution in [3.05, 3.63) is 46.4 Å². The molecule has 2 aromatic rings. The summed E-state index contributed by atoms with van der Waals surface area (Å²) in [7, 11) is 0. The molecule has 1 atom stereocenters. The second-order valence-corrected chi connectivity index (χ2v) is 4.56. The Kier molecular flexibility index (Phi) is 3.73. The molecule has 1 heterocycles. The molecule has 17 heavy (non-hydrogen) atoms. The van der Waals surface area contributed by atoms with Crippen molar-refractivity contribution in [2.45, 2.75) is 19.4 Å². The van der Waals surface area contributed by atoms with Crippen molar-refractivity contribution in [1.29, 1.82) is 5.26 Å². The largest absolute Gasteiger partial charge is 0.375 e. The zero-order chi connectivity index (χ0) is 12.1. The highest BCUT2D eigenvalue weighted by Crippen LogP contribution is 2.25. The quantitative estimate of drug-likeness (QED) is 0.892. The van der Waals surface area contributed by atoms with Crippen LogP contribution in [0.25, 0.3) is 0 Å². The van der Waals surface area contributed by atoms with Crippen LogP contribution in [-0.4, -0.2) is 4.98 Å². The zero-order valence-electron chi connectivity index (χ0n) is 9.55. The first-order valence-corrected chi connectivity index (χ1v) is 6.38. The molecule has 2 rings (SSSR count). The molecule has 0 bridgehead atoms. The van der Waals surface area contributed by atoms with Crippen LogP contribution in [0.2, 0.25) is 0 Å². The Morgan fingerprint density at radius 1 is 1.47 bits per heavy atom.